The Kier molecular flexibility index (Phi) is 7.03. The molecule has 0 bridgehead atoms. The molecule has 2 aromatic carbocycles. The van der Waals surface area contributed by atoms with E-state index in [0.29, 0.717) is 27.0 Å². The predicted molar refractivity (Wildman–Crippen MR) is 149 cm³/mol. The summed E-state index contributed by atoms with van der Waals surface area (Å²) in [6.45, 7) is 2.27. The lowest BCUT2D eigenvalue weighted by atomic mass is 9.96. The third-order valence-electron chi connectivity index (χ3n) is 7.04. The van der Waals surface area contributed by atoms with Gasteiger partial charge in [-0.25, -0.2) is 18.2 Å². The number of fused-ring (bicyclic) bond motifs is 1. The van der Waals surface area contributed by atoms with E-state index in [4.69, 9.17) is 0 Å². The van der Waals surface area contributed by atoms with Gasteiger partial charge in [0, 0.05) is 36.5 Å². The first kappa shape index (κ1) is 27.6. The molecule has 7 nitrogen and oxygen atoms in total. The van der Waals surface area contributed by atoms with E-state index in [9.17, 15) is 22.6 Å². The first-order valence-electron chi connectivity index (χ1n) is 12.5. The van der Waals surface area contributed by atoms with Crippen LogP contribution in [0.25, 0.3) is 22.0 Å². The predicted octanol–water partition coefficient (Wildman–Crippen LogP) is 5.05. The molecule has 0 aliphatic carbocycles. The highest BCUT2D eigenvalue weighted by Gasteiger charge is 2.47. The van der Waals surface area contributed by atoms with Gasteiger partial charge in [0.15, 0.2) is 11.5 Å². The van der Waals surface area contributed by atoms with Gasteiger partial charge < -0.3 is 14.8 Å². The zero-order chi connectivity index (χ0) is 28.9. The molecule has 1 N–H and O–H groups in total. The quantitative estimate of drug-likeness (QED) is 0.352. The van der Waals surface area contributed by atoms with Crippen molar-refractivity contribution >= 4 is 33.2 Å². The molecule has 1 saturated heterocycles. The van der Waals surface area contributed by atoms with Gasteiger partial charge in [0.05, 0.1) is 40.2 Å². The summed E-state index contributed by atoms with van der Waals surface area (Å²) in [6.07, 6.45) is 2.87. The molecule has 3 heterocycles. The Bertz CT molecular complexity index is 1750. The van der Waals surface area contributed by atoms with Gasteiger partial charge in [0.25, 0.3) is 17.4 Å². The number of carbonyl (C=O) groups excluding carboxylic acids is 1. The maximum atomic E-state index is 15.0. The zero-order valence-electron chi connectivity index (χ0n) is 22.3. The minimum absolute atomic E-state index is 0.253. The molecule has 40 heavy (non-hydrogen) atoms. The highest BCUT2D eigenvalue weighted by Crippen LogP contribution is 2.32. The van der Waals surface area contributed by atoms with Crippen molar-refractivity contribution in [2.24, 2.45) is 7.05 Å². The molecule has 4 aromatic rings. The normalized spacial score (nSPS) is 15.9. The van der Waals surface area contributed by atoms with Crippen molar-refractivity contribution in [3.8, 4) is 11.3 Å². The second-order valence-electron chi connectivity index (χ2n) is 10.1. The fraction of sp³-hybridized carbons (Fsp3) is 0.276. The molecular weight excluding hydrogens is 541 g/mol. The Labute approximate surface area is 231 Å². The Hall–Kier alpha value is -3.99. The first-order chi connectivity index (χ1) is 18.9. The standard InChI is InChI=1S/C29H27F3N4O3S/c1-16-9-19(17(2)34-23-7-5-6-8-25(23)40(4)39)20-12-24(35(3)27(37)21(20)10-16)18-11-22(30)26(33-13-18)28(38)36-14-29(31,32)15-36/h5-13,17,34H,14-15H2,1-4H3/t17-,40?/m1/s1. The highest BCUT2D eigenvalue weighted by molar-refractivity contribution is 7.84. The van der Waals surface area contributed by atoms with Crippen LogP contribution in [-0.4, -0.2) is 49.8 Å². The molecular formula is C29H27F3N4O3S. The molecule has 11 heteroatoms. The summed E-state index contributed by atoms with van der Waals surface area (Å²) < 4.78 is 55.0. The number of rotatable bonds is 6. The monoisotopic (exact) mass is 568 g/mol. The van der Waals surface area contributed by atoms with Crippen LogP contribution in [0.3, 0.4) is 0 Å². The number of anilines is 1. The number of hydrogen-bond acceptors (Lipinski definition) is 5. The largest absolute Gasteiger partial charge is 0.378 e. The molecule has 0 saturated carbocycles. The van der Waals surface area contributed by atoms with Crippen molar-refractivity contribution in [1.82, 2.24) is 14.5 Å². The van der Waals surface area contributed by atoms with Crippen LogP contribution in [0.4, 0.5) is 18.9 Å². The van der Waals surface area contributed by atoms with E-state index in [-0.39, 0.29) is 17.2 Å². The van der Waals surface area contributed by atoms with E-state index in [1.54, 1.807) is 31.5 Å². The minimum Gasteiger partial charge on any atom is -0.378 e. The zero-order valence-corrected chi connectivity index (χ0v) is 23.1. The lowest BCUT2D eigenvalue weighted by molar-refractivity contribution is -0.113. The summed E-state index contributed by atoms with van der Waals surface area (Å²) in [5.74, 6) is -4.85. The number of aromatic nitrogens is 2. The number of para-hydroxylation sites is 1. The maximum absolute atomic E-state index is 15.0. The Morgan fingerprint density at radius 1 is 1.12 bits per heavy atom. The maximum Gasteiger partial charge on any atom is 0.282 e. The number of aryl methyl sites for hydroxylation is 1. The molecule has 1 unspecified atom stereocenters. The molecule has 2 atom stereocenters. The third-order valence-corrected chi connectivity index (χ3v) is 8.02. The topological polar surface area (TPSA) is 84.3 Å². The van der Waals surface area contributed by atoms with Gasteiger partial charge in [-0.2, -0.15) is 0 Å². The van der Waals surface area contributed by atoms with Crippen molar-refractivity contribution in [3.63, 3.8) is 0 Å². The Morgan fingerprint density at radius 3 is 2.48 bits per heavy atom. The van der Waals surface area contributed by atoms with Gasteiger partial charge in [-0.1, -0.05) is 18.2 Å². The van der Waals surface area contributed by atoms with Gasteiger partial charge in [0.1, 0.15) is 0 Å². The lowest BCUT2D eigenvalue weighted by Crippen LogP contribution is -2.58. The van der Waals surface area contributed by atoms with Gasteiger partial charge in [-0.15, -0.1) is 0 Å². The summed E-state index contributed by atoms with van der Waals surface area (Å²) in [6, 6.07) is 13.6. The van der Waals surface area contributed by atoms with E-state index in [1.165, 1.54) is 10.8 Å². The van der Waals surface area contributed by atoms with Crippen molar-refractivity contribution < 1.29 is 22.2 Å². The number of halogens is 3. The van der Waals surface area contributed by atoms with Crippen molar-refractivity contribution in [2.75, 3.05) is 24.7 Å². The van der Waals surface area contributed by atoms with E-state index >= 15 is 4.39 Å². The first-order valence-corrected chi connectivity index (χ1v) is 14.1. The molecule has 5 rings (SSSR count). The molecule has 1 amide bonds. The van der Waals surface area contributed by atoms with Crippen molar-refractivity contribution in [3.05, 3.63) is 87.7 Å². The van der Waals surface area contributed by atoms with Crippen LogP contribution in [0.1, 0.15) is 34.6 Å². The number of carbonyl (C=O) groups is 1. The SMILES string of the molecule is Cc1cc([C@@H](C)Nc2ccccc2S(C)=O)c2cc(-c3cnc(C(=O)N4CC(F)(F)C4)c(F)c3)n(C)c(=O)c2c1. The second-order valence-corrected chi connectivity index (χ2v) is 11.4. The van der Waals surface area contributed by atoms with Crippen LogP contribution in [0.5, 0.6) is 0 Å². The van der Waals surface area contributed by atoms with Crippen LogP contribution in [0.2, 0.25) is 0 Å². The summed E-state index contributed by atoms with van der Waals surface area (Å²) in [4.78, 5) is 31.4. The summed E-state index contributed by atoms with van der Waals surface area (Å²) in [5, 5.41) is 4.52. The van der Waals surface area contributed by atoms with E-state index < -0.39 is 47.2 Å². The van der Waals surface area contributed by atoms with Crippen molar-refractivity contribution in [2.45, 2.75) is 30.7 Å². The smallest absolute Gasteiger partial charge is 0.282 e. The number of alkyl halides is 2. The van der Waals surface area contributed by atoms with Crippen LogP contribution < -0.4 is 10.9 Å². The third kappa shape index (κ3) is 5.01. The molecule has 1 aliphatic rings. The lowest BCUT2D eigenvalue weighted by Gasteiger charge is -2.38. The number of nitrogens with one attached hydrogen (secondary N) is 1. The summed E-state index contributed by atoms with van der Waals surface area (Å²) in [7, 11) is 0.348. The number of nitrogens with zero attached hydrogens (tertiary/aromatic N) is 3. The second kappa shape index (κ2) is 10.2. The van der Waals surface area contributed by atoms with Crippen LogP contribution in [0.15, 0.2) is 64.4 Å². The Morgan fingerprint density at radius 2 is 1.82 bits per heavy atom. The Balaban J connectivity index is 1.57. The van der Waals surface area contributed by atoms with Gasteiger partial charge in [-0.05, 0) is 60.7 Å². The fourth-order valence-corrected chi connectivity index (χ4v) is 5.72. The fourth-order valence-electron chi connectivity index (χ4n) is 5.01. The molecule has 1 fully saturated rings. The number of amides is 1. The van der Waals surface area contributed by atoms with E-state index in [1.807, 2.05) is 38.1 Å². The van der Waals surface area contributed by atoms with E-state index in [2.05, 4.69) is 10.3 Å². The highest BCUT2D eigenvalue weighted by atomic mass is 32.2. The molecule has 208 valence electrons. The molecule has 0 spiro atoms. The number of pyridine rings is 2. The van der Waals surface area contributed by atoms with Crippen LogP contribution in [-0.2, 0) is 17.8 Å². The van der Waals surface area contributed by atoms with E-state index in [0.717, 1.165) is 22.1 Å². The van der Waals surface area contributed by atoms with Crippen molar-refractivity contribution in [1.29, 1.82) is 0 Å². The average Bonchev–Trinajstić information content (AvgIpc) is 2.88. The number of benzene rings is 2. The minimum atomic E-state index is -2.98. The number of hydrogen-bond donors (Lipinski definition) is 1. The molecule has 1 aliphatic heterocycles. The number of likely N-dealkylation sites (tertiary alicyclic amines) is 1. The molecule has 2 aromatic heterocycles. The molecule has 0 radical (unpaired) electrons. The van der Waals surface area contributed by atoms with Gasteiger partial charge in [-0.3, -0.25) is 13.8 Å². The summed E-state index contributed by atoms with van der Waals surface area (Å²) in [5.41, 5.74) is 2.16. The van der Waals surface area contributed by atoms with Gasteiger partial charge in [0.2, 0.25) is 0 Å². The van der Waals surface area contributed by atoms with Crippen LogP contribution >= 0.6 is 0 Å². The van der Waals surface area contributed by atoms with Crippen LogP contribution in [0, 0.1) is 12.7 Å². The average molecular weight is 569 g/mol. The summed E-state index contributed by atoms with van der Waals surface area (Å²) >= 11 is 0. The van der Waals surface area contributed by atoms with Gasteiger partial charge >= 0.3 is 0 Å².